The molecule has 1 aliphatic carbocycles. The van der Waals surface area contributed by atoms with Crippen LogP contribution in [0.2, 0.25) is 0 Å². The lowest BCUT2D eigenvalue weighted by atomic mass is 9.64. The van der Waals surface area contributed by atoms with Crippen molar-refractivity contribution in [3.63, 3.8) is 0 Å². The Morgan fingerprint density at radius 1 is 1.28 bits per heavy atom. The predicted molar refractivity (Wildman–Crippen MR) is 77.2 cm³/mol. The van der Waals surface area contributed by atoms with E-state index in [9.17, 15) is 0 Å². The Hall–Kier alpha value is -1.28. The average Bonchev–Trinajstić information content (AvgIpc) is 2.60. The number of benzene rings is 1. The summed E-state index contributed by atoms with van der Waals surface area (Å²) in [5, 5.41) is 4.76. The third kappa shape index (κ3) is 1.59. The molecule has 0 bridgehead atoms. The maximum Gasteiger partial charge on any atom is 0.0458 e. The quantitative estimate of drug-likeness (QED) is 0.848. The largest absolute Gasteiger partial charge is 0.358 e. The van der Waals surface area contributed by atoms with Crippen molar-refractivity contribution >= 4 is 10.9 Å². The molecular weight excluding hydrogens is 220 g/mol. The Morgan fingerprint density at radius 3 is 2.67 bits per heavy atom. The van der Waals surface area contributed by atoms with E-state index < -0.39 is 0 Å². The topological polar surface area (TPSA) is 27.8 Å². The summed E-state index contributed by atoms with van der Waals surface area (Å²) in [5.41, 5.74) is 5.86. The van der Waals surface area contributed by atoms with E-state index in [1.807, 2.05) is 0 Å². The van der Waals surface area contributed by atoms with E-state index in [1.54, 1.807) is 0 Å². The number of aryl methyl sites for hydroxylation is 2. The number of H-pyrrole nitrogens is 1. The van der Waals surface area contributed by atoms with E-state index in [0.29, 0.717) is 5.41 Å². The van der Waals surface area contributed by atoms with Gasteiger partial charge in [-0.2, -0.15) is 0 Å². The molecule has 0 amide bonds. The molecule has 2 N–H and O–H groups in total. The van der Waals surface area contributed by atoms with Gasteiger partial charge in [0.2, 0.25) is 0 Å². The highest BCUT2D eigenvalue weighted by molar-refractivity contribution is 5.85. The van der Waals surface area contributed by atoms with Crippen LogP contribution in [-0.2, 0) is 5.41 Å². The minimum atomic E-state index is 0.389. The number of aromatic nitrogens is 1. The van der Waals surface area contributed by atoms with Gasteiger partial charge in [0.05, 0.1) is 0 Å². The summed E-state index contributed by atoms with van der Waals surface area (Å²) in [6, 6.07) is 6.97. The van der Waals surface area contributed by atoms with Crippen molar-refractivity contribution < 1.29 is 0 Å². The van der Waals surface area contributed by atoms with Gasteiger partial charge >= 0.3 is 0 Å². The average molecular weight is 242 g/mol. The minimum Gasteiger partial charge on any atom is -0.358 e. The third-order valence-electron chi connectivity index (χ3n) is 4.75. The van der Waals surface area contributed by atoms with E-state index >= 15 is 0 Å². The zero-order valence-corrected chi connectivity index (χ0v) is 11.6. The Bertz CT molecular complexity index is 576. The van der Waals surface area contributed by atoms with Gasteiger partial charge in [0.25, 0.3) is 0 Å². The van der Waals surface area contributed by atoms with Gasteiger partial charge < -0.3 is 10.3 Å². The van der Waals surface area contributed by atoms with Crippen molar-refractivity contribution in [1.29, 1.82) is 0 Å². The Labute approximate surface area is 109 Å². The molecule has 0 radical (unpaired) electrons. The normalized spacial score (nSPS) is 17.9. The smallest absolute Gasteiger partial charge is 0.0458 e. The second kappa shape index (κ2) is 4.13. The third-order valence-corrected chi connectivity index (χ3v) is 4.75. The second-order valence-electron chi connectivity index (χ2n) is 5.80. The SMILES string of the molecule is CNCC1(c2ccc3[nH]c(C)c(C)c3c2)CCC1. The summed E-state index contributed by atoms with van der Waals surface area (Å²) in [5.74, 6) is 0. The van der Waals surface area contributed by atoms with E-state index in [2.05, 4.69) is 49.4 Å². The van der Waals surface area contributed by atoms with Crippen LogP contribution in [0.25, 0.3) is 10.9 Å². The highest BCUT2D eigenvalue weighted by Gasteiger charge is 2.38. The van der Waals surface area contributed by atoms with E-state index in [1.165, 1.54) is 47.0 Å². The van der Waals surface area contributed by atoms with Gasteiger partial charge in [-0.25, -0.2) is 0 Å². The fraction of sp³-hybridized carbons (Fsp3) is 0.500. The van der Waals surface area contributed by atoms with Gasteiger partial charge in [0.1, 0.15) is 0 Å². The molecule has 18 heavy (non-hydrogen) atoms. The Morgan fingerprint density at radius 2 is 2.06 bits per heavy atom. The number of likely N-dealkylation sites (N-methyl/N-ethyl adjacent to an activating group) is 1. The molecule has 2 nitrogen and oxygen atoms in total. The predicted octanol–water partition coefficient (Wildman–Crippen LogP) is 3.43. The monoisotopic (exact) mass is 242 g/mol. The van der Waals surface area contributed by atoms with Gasteiger partial charge in [-0.3, -0.25) is 0 Å². The van der Waals surface area contributed by atoms with Crippen LogP contribution in [0.3, 0.4) is 0 Å². The molecule has 1 saturated carbocycles. The van der Waals surface area contributed by atoms with Crippen LogP contribution >= 0.6 is 0 Å². The van der Waals surface area contributed by atoms with Gasteiger partial charge in [0, 0.05) is 28.6 Å². The molecule has 0 atom stereocenters. The van der Waals surface area contributed by atoms with Crippen LogP contribution in [0.4, 0.5) is 0 Å². The zero-order chi connectivity index (χ0) is 12.8. The second-order valence-corrected chi connectivity index (χ2v) is 5.80. The van der Waals surface area contributed by atoms with E-state index in [0.717, 1.165) is 6.54 Å². The highest BCUT2D eigenvalue weighted by Crippen LogP contribution is 2.44. The molecule has 1 aromatic carbocycles. The van der Waals surface area contributed by atoms with Crippen LogP contribution in [-0.4, -0.2) is 18.6 Å². The molecule has 1 aromatic heterocycles. The van der Waals surface area contributed by atoms with Gasteiger partial charge in [-0.15, -0.1) is 0 Å². The molecule has 96 valence electrons. The van der Waals surface area contributed by atoms with Crippen LogP contribution in [0.15, 0.2) is 18.2 Å². The van der Waals surface area contributed by atoms with Crippen molar-refractivity contribution in [2.75, 3.05) is 13.6 Å². The van der Waals surface area contributed by atoms with Crippen LogP contribution in [0.5, 0.6) is 0 Å². The first-order valence-corrected chi connectivity index (χ1v) is 6.90. The Balaban J connectivity index is 2.09. The molecular formula is C16H22N2. The summed E-state index contributed by atoms with van der Waals surface area (Å²) in [6.07, 6.45) is 4.01. The van der Waals surface area contributed by atoms with Crippen molar-refractivity contribution in [1.82, 2.24) is 10.3 Å². The molecule has 0 saturated heterocycles. The van der Waals surface area contributed by atoms with Crippen molar-refractivity contribution in [2.24, 2.45) is 0 Å². The lowest BCUT2D eigenvalue weighted by Gasteiger charge is -2.42. The first-order valence-electron chi connectivity index (χ1n) is 6.90. The molecule has 1 heterocycles. The van der Waals surface area contributed by atoms with Crippen molar-refractivity contribution in [3.8, 4) is 0 Å². The maximum absolute atomic E-state index is 3.46. The summed E-state index contributed by atoms with van der Waals surface area (Å²) < 4.78 is 0. The zero-order valence-electron chi connectivity index (χ0n) is 11.6. The summed E-state index contributed by atoms with van der Waals surface area (Å²) in [7, 11) is 2.06. The molecule has 2 heteroatoms. The van der Waals surface area contributed by atoms with Crippen molar-refractivity contribution in [2.45, 2.75) is 38.5 Å². The summed E-state index contributed by atoms with van der Waals surface area (Å²) in [6.45, 7) is 5.46. The lowest BCUT2D eigenvalue weighted by Crippen LogP contribution is -2.42. The van der Waals surface area contributed by atoms with Crippen LogP contribution < -0.4 is 5.32 Å². The number of aromatic amines is 1. The standard InChI is InChI=1S/C16H22N2/c1-11-12(2)18-15-6-5-13(9-14(11)15)16(10-17-3)7-4-8-16/h5-6,9,17-18H,4,7-8,10H2,1-3H3. The molecule has 2 aromatic rings. The minimum absolute atomic E-state index is 0.389. The van der Waals surface area contributed by atoms with Crippen molar-refractivity contribution in [3.05, 3.63) is 35.0 Å². The highest BCUT2D eigenvalue weighted by atomic mass is 14.8. The summed E-state index contributed by atoms with van der Waals surface area (Å²) in [4.78, 5) is 3.46. The van der Waals surface area contributed by atoms with Gasteiger partial charge in [-0.1, -0.05) is 12.5 Å². The number of rotatable bonds is 3. The number of nitrogens with one attached hydrogen (secondary N) is 2. The molecule has 0 aliphatic heterocycles. The van der Waals surface area contributed by atoms with E-state index in [4.69, 9.17) is 0 Å². The fourth-order valence-corrected chi connectivity index (χ4v) is 3.30. The maximum atomic E-state index is 3.46. The first-order chi connectivity index (χ1) is 8.66. The summed E-state index contributed by atoms with van der Waals surface area (Å²) >= 11 is 0. The van der Waals surface area contributed by atoms with Crippen LogP contribution in [0, 0.1) is 13.8 Å². The van der Waals surface area contributed by atoms with Gasteiger partial charge in [-0.05, 0) is 57.0 Å². The number of fused-ring (bicyclic) bond motifs is 1. The lowest BCUT2D eigenvalue weighted by molar-refractivity contribution is 0.239. The molecule has 0 spiro atoms. The first kappa shape index (κ1) is 11.8. The molecule has 0 unspecified atom stereocenters. The van der Waals surface area contributed by atoms with E-state index in [-0.39, 0.29) is 0 Å². The number of hydrogen-bond donors (Lipinski definition) is 2. The fourth-order valence-electron chi connectivity index (χ4n) is 3.30. The molecule has 1 aliphatic rings. The molecule has 3 rings (SSSR count). The molecule has 1 fully saturated rings. The van der Waals surface area contributed by atoms with Gasteiger partial charge in [0.15, 0.2) is 0 Å². The van der Waals surface area contributed by atoms with Crippen LogP contribution in [0.1, 0.15) is 36.1 Å². The Kier molecular flexibility index (Phi) is 2.70. The number of hydrogen-bond acceptors (Lipinski definition) is 1.